The molecule has 0 saturated carbocycles. The Kier molecular flexibility index (Phi) is 1.36. The van der Waals surface area contributed by atoms with E-state index >= 15 is 0 Å². The van der Waals surface area contributed by atoms with E-state index in [-0.39, 0.29) is 0 Å². The highest BCUT2D eigenvalue weighted by molar-refractivity contribution is 14.1. The van der Waals surface area contributed by atoms with Crippen LogP contribution in [-0.2, 0) is 0 Å². The molecule has 1 rings (SSSR count). The highest BCUT2D eigenvalue weighted by Crippen LogP contribution is 2.02. The van der Waals surface area contributed by atoms with Crippen LogP contribution in [0.15, 0.2) is 5.10 Å². The minimum atomic E-state index is 0.903. The minimum absolute atomic E-state index is 0.903. The van der Waals surface area contributed by atoms with Crippen LogP contribution in [0, 0.1) is 0 Å². The van der Waals surface area contributed by atoms with Gasteiger partial charge in [-0.1, -0.05) is 0 Å². The van der Waals surface area contributed by atoms with Crippen molar-refractivity contribution in [2.75, 3.05) is 13.7 Å². The summed E-state index contributed by atoms with van der Waals surface area (Å²) in [6.07, 6.45) is 1.79. The van der Waals surface area contributed by atoms with Crippen molar-refractivity contribution in [1.29, 1.82) is 0 Å². The Bertz CT molecular complexity index is 82.2. The van der Waals surface area contributed by atoms with Crippen molar-refractivity contribution in [2.24, 2.45) is 5.10 Å². The standard InChI is InChI=1S/C3H6IN3/c1-6-3-7(4)2-5-6/h2H,3H2,1H3. The fourth-order valence-electron chi connectivity index (χ4n) is 0.413. The van der Waals surface area contributed by atoms with Crippen LogP contribution in [0.2, 0.25) is 0 Å². The van der Waals surface area contributed by atoms with E-state index in [0.717, 1.165) is 6.67 Å². The van der Waals surface area contributed by atoms with E-state index in [9.17, 15) is 0 Å². The minimum Gasteiger partial charge on any atom is -0.283 e. The lowest BCUT2D eigenvalue weighted by molar-refractivity contribution is 0.351. The topological polar surface area (TPSA) is 18.8 Å². The van der Waals surface area contributed by atoms with E-state index in [1.807, 2.05) is 15.2 Å². The maximum atomic E-state index is 3.94. The molecule has 7 heavy (non-hydrogen) atoms. The van der Waals surface area contributed by atoms with Gasteiger partial charge in [-0.2, -0.15) is 5.10 Å². The molecule has 0 atom stereocenters. The van der Waals surface area contributed by atoms with Crippen LogP contribution in [0.5, 0.6) is 0 Å². The zero-order valence-electron chi connectivity index (χ0n) is 4.00. The lowest BCUT2D eigenvalue weighted by atomic mass is 11.0. The molecule has 0 spiro atoms. The molecule has 0 amide bonds. The second-order valence-electron chi connectivity index (χ2n) is 1.43. The molecule has 4 heteroatoms. The van der Waals surface area contributed by atoms with Gasteiger partial charge in [0.15, 0.2) is 0 Å². The van der Waals surface area contributed by atoms with Gasteiger partial charge in [0.2, 0.25) is 0 Å². The molecular formula is C3H6IN3. The van der Waals surface area contributed by atoms with Gasteiger partial charge in [-0.15, -0.1) is 0 Å². The monoisotopic (exact) mass is 211 g/mol. The van der Waals surface area contributed by atoms with Crippen molar-refractivity contribution >= 4 is 29.2 Å². The van der Waals surface area contributed by atoms with Crippen LogP contribution in [0.1, 0.15) is 0 Å². The summed E-state index contributed by atoms with van der Waals surface area (Å²) in [5, 5.41) is 5.81. The average molecular weight is 211 g/mol. The Balaban J connectivity index is 2.42. The average Bonchev–Trinajstić information content (AvgIpc) is 1.87. The van der Waals surface area contributed by atoms with E-state index in [4.69, 9.17) is 0 Å². The predicted octanol–water partition coefficient (Wildman–Crippen LogP) is 0.485. The molecule has 0 aromatic heterocycles. The van der Waals surface area contributed by atoms with Crippen LogP contribution in [-0.4, -0.2) is 28.2 Å². The molecule has 40 valence electrons. The highest BCUT2D eigenvalue weighted by atomic mass is 127. The molecule has 0 saturated heterocycles. The fourth-order valence-corrected chi connectivity index (χ4v) is 0.966. The number of rotatable bonds is 0. The Morgan fingerprint density at radius 3 is 2.71 bits per heavy atom. The third kappa shape index (κ3) is 1.19. The SMILES string of the molecule is CN1CN(I)C=N1. The second kappa shape index (κ2) is 1.85. The van der Waals surface area contributed by atoms with E-state index in [2.05, 4.69) is 28.0 Å². The van der Waals surface area contributed by atoms with Gasteiger partial charge < -0.3 is 0 Å². The summed E-state index contributed by atoms with van der Waals surface area (Å²) in [6.45, 7) is 0.903. The van der Waals surface area contributed by atoms with Crippen molar-refractivity contribution in [3.8, 4) is 0 Å². The number of hydrogen-bond acceptors (Lipinski definition) is 3. The Morgan fingerprint density at radius 2 is 2.57 bits per heavy atom. The third-order valence-electron chi connectivity index (χ3n) is 0.714. The molecule has 0 aliphatic carbocycles. The van der Waals surface area contributed by atoms with Gasteiger partial charge in [-0.05, 0) is 0 Å². The van der Waals surface area contributed by atoms with Crippen LogP contribution in [0.3, 0.4) is 0 Å². The van der Waals surface area contributed by atoms with Gasteiger partial charge in [0.25, 0.3) is 0 Å². The summed E-state index contributed by atoms with van der Waals surface area (Å²) in [5.41, 5.74) is 0. The van der Waals surface area contributed by atoms with Gasteiger partial charge in [-0.3, -0.25) is 8.12 Å². The smallest absolute Gasteiger partial charge is 0.121 e. The summed E-state index contributed by atoms with van der Waals surface area (Å²) in [7, 11) is 1.94. The zero-order valence-corrected chi connectivity index (χ0v) is 6.16. The molecule has 0 bridgehead atoms. The third-order valence-corrected chi connectivity index (χ3v) is 1.27. The van der Waals surface area contributed by atoms with E-state index < -0.39 is 0 Å². The van der Waals surface area contributed by atoms with Crippen molar-refractivity contribution in [1.82, 2.24) is 8.12 Å². The van der Waals surface area contributed by atoms with E-state index in [1.54, 1.807) is 6.34 Å². The maximum Gasteiger partial charge on any atom is 0.121 e. The molecule has 1 heterocycles. The second-order valence-corrected chi connectivity index (χ2v) is 2.67. The maximum absolute atomic E-state index is 3.94. The van der Waals surface area contributed by atoms with E-state index in [0.29, 0.717) is 0 Å². The zero-order chi connectivity index (χ0) is 5.28. The molecule has 0 radical (unpaired) electrons. The summed E-state index contributed by atoms with van der Waals surface area (Å²) in [4.78, 5) is 0. The lowest BCUT2D eigenvalue weighted by Gasteiger charge is -2.05. The number of halogens is 1. The normalized spacial score (nSPS) is 19.1. The first-order valence-electron chi connectivity index (χ1n) is 1.97. The Hall–Kier alpha value is -0.0000000000000000555. The summed E-state index contributed by atoms with van der Waals surface area (Å²) in [5.74, 6) is 0. The largest absolute Gasteiger partial charge is 0.283 e. The van der Waals surface area contributed by atoms with Crippen molar-refractivity contribution < 1.29 is 0 Å². The summed E-state index contributed by atoms with van der Waals surface area (Å²) < 4.78 is 1.98. The quantitative estimate of drug-likeness (QED) is 0.428. The number of hydrazone groups is 1. The van der Waals surface area contributed by atoms with Crippen LogP contribution >= 0.6 is 22.9 Å². The molecule has 3 nitrogen and oxygen atoms in total. The van der Waals surface area contributed by atoms with Gasteiger partial charge in [0.1, 0.15) is 13.0 Å². The van der Waals surface area contributed by atoms with Gasteiger partial charge in [0.05, 0.1) is 22.9 Å². The molecule has 0 unspecified atom stereocenters. The van der Waals surface area contributed by atoms with Gasteiger partial charge in [0, 0.05) is 7.05 Å². The van der Waals surface area contributed by atoms with Crippen molar-refractivity contribution in [3.63, 3.8) is 0 Å². The van der Waals surface area contributed by atoms with Crippen LogP contribution in [0.25, 0.3) is 0 Å². The highest BCUT2D eigenvalue weighted by Gasteiger charge is 2.03. The first-order chi connectivity index (χ1) is 3.29. The molecular weight excluding hydrogens is 205 g/mol. The van der Waals surface area contributed by atoms with Crippen molar-refractivity contribution in [2.45, 2.75) is 0 Å². The van der Waals surface area contributed by atoms with Gasteiger partial charge >= 0.3 is 0 Å². The van der Waals surface area contributed by atoms with Crippen LogP contribution < -0.4 is 0 Å². The fraction of sp³-hybridized carbons (Fsp3) is 0.667. The van der Waals surface area contributed by atoms with Crippen LogP contribution in [0.4, 0.5) is 0 Å². The molecule has 0 N–H and O–H groups in total. The molecule has 1 aliphatic rings. The lowest BCUT2D eigenvalue weighted by Crippen LogP contribution is -2.14. The predicted molar refractivity (Wildman–Crippen MR) is 37.0 cm³/mol. The van der Waals surface area contributed by atoms with Crippen molar-refractivity contribution in [3.05, 3.63) is 0 Å². The van der Waals surface area contributed by atoms with Gasteiger partial charge in [-0.25, -0.2) is 0 Å². The Morgan fingerprint density at radius 1 is 1.86 bits per heavy atom. The number of nitrogens with zero attached hydrogens (tertiary/aromatic N) is 3. The summed E-state index contributed by atoms with van der Waals surface area (Å²) in [6, 6.07) is 0. The molecule has 0 aromatic rings. The number of hydrogen-bond donors (Lipinski definition) is 0. The first-order valence-corrected chi connectivity index (χ1v) is 2.93. The first kappa shape index (κ1) is 5.14. The Labute approximate surface area is 56.5 Å². The molecule has 0 aromatic carbocycles. The molecule has 0 fully saturated rings. The molecule has 1 aliphatic heterocycles. The van der Waals surface area contributed by atoms with E-state index in [1.165, 1.54) is 0 Å². The summed E-state index contributed by atoms with van der Waals surface area (Å²) >= 11 is 2.19.